The van der Waals surface area contributed by atoms with Gasteiger partial charge in [0.2, 0.25) is 0 Å². The molecule has 34 heavy (non-hydrogen) atoms. The monoisotopic (exact) mass is 472 g/mol. The van der Waals surface area contributed by atoms with Crippen molar-refractivity contribution in [2.75, 3.05) is 12.0 Å². The van der Waals surface area contributed by atoms with E-state index < -0.39 is 17.7 Å². The summed E-state index contributed by atoms with van der Waals surface area (Å²) in [5, 5.41) is 12.7. The Morgan fingerprint density at radius 2 is 1.74 bits per heavy atom. The fraction of sp³-hybridized carbons (Fsp3) is 0.111. The van der Waals surface area contributed by atoms with Crippen molar-refractivity contribution >= 4 is 45.6 Å². The molecule has 4 aromatic rings. The van der Waals surface area contributed by atoms with Crippen LogP contribution in [0.25, 0.3) is 16.7 Å². The zero-order valence-electron chi connectivity index (χ0n) is 18.5. The van der Waals surface area contributed by atoms with Crippen LogP contribution in [0.4, 0.5) is 5.69 Å². The fourth-order valence-electron chi connectivity index (χ4n) is 4.60. The van der Waals surface area contributed by atoms with Gasteiger partial charge >= 0.3 is 0 Å². The highest BCUT2D eigenvalue weighted by Crippen LogP contribution is 2.45. The lowest BCUT2D eigenvalue weighted by atomic mass is 9.94. The molecule has 0 spiro atoms. The minimum absolute atomic E-state index is 0.00849. The molecule has 6 nitrogen and oxygen atoms in total. The Hall–Kier alpha value is -4.03. The Kier molecular flexibility index (Phi) is 5.38. The summed E-state index contributed by atoms with van der Waals surface area (Å²) in [5.41, 5.74) is 2.44. The number of fused-ring (bicyclic) bond motifs is 1. The fourth-order valence-corrected chi connectivity index (χ4v) is 4.78. The first-order valence-electron chi connectivity index (χ1n) is 10.7. The average Bonchev–Trinajstić information content (AvgIpc) is 3.32. The molecule has 0 aliphatic carbocycles. The van der Waals surface area contributed by atoms with Crippen molar-refractivity contribution in [2.24, 2.45) is 7.05 Å². The molecule has 0 radical (unpaired) electrons. The van der Waals surface area contributed by atoms with E-state index in [2.05, 4.69) is 0 Å². The second-order valence-electron chi connectivity index (χ2n) is 8.06. The summed E-state index contributed by atoms with van der Waals surface area (Å²) in [6.07, 6.45) is 1.88. The molecule has 1 fully saturated rings. The summed E-state index contributed by atoms with van der Waals surface area (Å²) < 4.78 is 7.34. The van der Waals surface area contributed by atoms with Crippen molar-refractivity contribution in [3.05, 3.63) is 101 Å². The van der Waals surface area contributed by atoms with E-state index in [1.165, 1.54) is 12.0 Å². The van der Waals surface area contributed by atoms with Gasteiger partial charge in [-0.3, -0.25) is 14.5 Å². The molecule has 3 aromatic carbocycles. The Labute approximate surface area is 201 Å². The average molecular weight is 473 g/mol. The van der Waals surface area contributed by atoms with Crippen molar-refractivity contribution in [1.82, 2.24) is 4.57 Å². The minimum atomic E-state index is -0.866. The second kappa shape index (κ2) is 8.39. The first kappa shape index (κ1) is 21.8. The van der Waals surface area contributed by atoms with Gasteiger partial charge in [0.25, 0.3) is 11.7 Å². The van der Waals surface area contributed by atoms with Gasteiger partial charge in [-0.05, 0) is 36.4 Å². The lowest BCUT2D eigenvalue weighted by molar-refractivity contribution is -0.132. The number of hydrogen-bond acceptors (Lipinski definition) is 4. The van der Waals surface area contributed by atoms with E-state index >= 15 is 0 Å². The number of aromatic nitrogens is 1. The number of hydrogen-bond donors (Lipinski definition) is 1. The topological polar surface area (TPSA) is 71.8 Å². The number of aliphatic hydroxyl groups excluding tert-OH is 1. The normalized spacial score (nSPS) is 17.5. The van der Waals surface area contributed by atoms with Crippen LogP contribution < -0.4 is 9.64 Å². The van der Waals surface area contributed by atoms with Crippen LogP contribution in [0.2, 0.25) is 5.02 Å². The Balaban J connectivity index is 1.83. The molecule has 0 bridgehead atoms. The van der Waals surface area contributed by atoms with Crippen LogP contribution in [0, 0.1) is 0 Å². The summed E-state index contributed by atoms with van der Waals surface area (Å²) in [4.78, 5) is 28.2. The van der Waals surface area contributed by atoms with Crippen molar-refractivity contribution in [3.8, 4) is 5.75 Å². The van der Waals surface area contributed by atoms with E-state index in [4.69, 9.17) is 16.3 Å². The molecule has 1 aliphatic heterocycles. The molecule has 0 saturated carbocycles. The summed E-state index contributed by atoms with van der Waals surface area (Å²) >= 11 is 6.23. The maximum Gasteiger partial charge on any atom is 0.300 e. The van der Waals surface area contributed by atoms with Crippen molar-refractivity contribution in [2.45, 2.75) is 6.04 Å². The van der Waals surface area contributed by atoms with E-state index in [0.717, 1.165) is 10.9 Å². The summed E-state index contributed by atoms with van der Waals surface area (Å²) in [6.45, 7) is 0. The Bertz CT molecular complexity index is 1490. The van der Waals surface area contributed by atoms with E-state index in [0.29, 0.717) is 27.6 Å². The zero-order chi connectivity index (χ0) is 24.0. The zero-order valence-corrected chi connectivity index (χ0v) is 19.3. The van der Waals surface area contributed by atoms with Crippen LogP contribution >= 0.6 is 11.6 Å². The standard InChI is InChI=1S/C27H21ClN2O4/c1-29-15-20(18-10-3-5-12-21(18)29)24-23(25(31)19-11-4-6-13-22(19)34-2)26(32)27(33)30(24)17-9-7-8-16(28)14-17/h3-15,24,31H,1-2H3/b25-23+. The molecular formula is C27H21ClN2O4. The third kappa shape index (κ3) is 3.35. The van der Waals surface area contributed by atoms with Crippen LogP contribution in [-0.4, -0.2) is 28.5 Å². The van der Waals surface area contributed by atoms with Crippen molar-refractivity contribution in [1.29, 1.82) is 0 Å². The third-order valence-electron chi connectivity index (χ3n) is 6.12. The molecule has 1 aromatic heterocycles. The highest BCUT2D eigenvalue weighted by atomic mass is 35.5. The minimum Gasteiger partial charge on any atom is -0.507 e. The molecule has 1 unspecified atom stereocenters. The number of ketones is 1. The largest absolute Gasteiger partial charge is 0.507 e. The second-order valence-corrected chi connectivity index (χ2v) is 8.50. The van der Waals surface area contributed by atoms with Crippen molar-refractivity contribution in [3.63, 3.8) is 0 Å². The highest BCUT2D eigenvalue weighted by Gasteiger charge is 2.48. The van der Waals surface area contributed by atoms with E-state index in [9.17, 15) is 14.7 Å². The number of carbonyl (C=O) groups excluding carboxylic acids is 2. The lowest BCUT2D eigenvalue weighted by Gasteiger charge is -2.25. The molecule has 2 heterocycles. The van der Waals surface area contributed by atoms with Crippen LogP contribution in [0.15, 0.2) is 84.6 Å². The van der Waals surface area contributed by atoms with Gasteiger partial charge in [0, 0.05) is 40.4 Å². The number of amides is 1. The number of rotatable bonds is 4. The van der Waals surface area contributed by atoms with Gasteiger partial charge in [-0.25, -0.2) is 0 Å². The van der Waals surface area contributed by atoms with E-state index in [1.54, 1.807) is 48.5 Å². The van der Waals surface area contributed by atoms with Crippen LogP contribution in [0.1, 0.15) is 17.2 Å². The smallest absolute Gasteiger partial charge is 0.300 e. The number of ether oxygens (including phenoxy) is 1. The summed E-state index contributed by atoms with van der Waals surface area (Å²) in [7, 11) is 3.39. The van der Waals surface area contributed by atoms with Crippen LogP contribution in [0.3, 0.4) is 0 Å². The number of Topliss-reactive ketones (excluding diaryl/α,β-unsaturated/α-hetero) is 1. The summed E-state index contributed by atoms with van der Waals surface area (Å²) in [6, 6.07) is 20.5. The van der Waals surface area contributed by atoms with Gasteiger partial charge < -0.3 is 14.4 Å². The molecule has 5 rings (SSSR count). The van der Waals surface area contributed by atoms with Gasteiger partial charge in [-0.2, -0.15) is 0 Å². The van der Waals surface area contributed by atoms with Gasteiger partial charge in [-0.1, -0.05) is 48.0 Å². The Morgan fingerprint density at radius 1 is 1.00 bits per heavy atom. The maximum atomic E-state index is 13.4. The van der Waals surface area contributed by atoms with Gasteiger partial charge in [0.15, 0.2) is 0 Å². The molecule has 1 N–H and O–H groups in total. The molecule has 1 saturated heterocycles. The quantitative estimate of drug-likeness (QED) is 0.243. The predicted molar refractivity (Wildman–Crippen MR) is 132 cm³/mol. The number of nitrogens with zero attached hydrogens (tertiary/aromatic N) is 2. The van der Waals surface area contributed by atoms with Crippen LogP contribution in [-0.2, 0) is 16.6 Å². The molecule has 1 amide bonds. The summed E-state index contributed by atoms with van der Waals surface area (Å²) in [5.74, 6) is -1.41. The van der Waals surface area contributed by atoms with Crippen molar-refractivity contribution < 1.29 is 19.4 Å². The number of methoxy groups -OCH3 is 1. The number of para-hydroxylation sites is 2. The third-order valence-corrected chi connectivity index (χ3v) is 6.35. The number of aliphatic hydroxyl groups is 1. The number of anilines is 1. The predicted octanol–water partition coefficient (Wildman–Crippen LogP) is 5.47. The number of carbonyl (C=O) groups is 2. The molecule has 1 atom stereocenters. The molecule has 170 valence electrons. The first-order valence-corrected chi connectivity index (χ1v) is 11.0. The maximum absolute atomic E-state index is 13.4. The highest BCUT2D eigenvalue weighted by molar-refractivity contribution is 6.52. The molecule has 7 heteroatoms. The SMILES string of the molecule is COc1ccccc1/C(O)=C1\C(=O)C(=O)N(c2cccc(Cl)c2)C1c1cn(C)c2ccccc12. The number of halogens is 1. The van der Waals surface area contributed by atoms with Crippen LogP contribution in [0.5, 0.6) is 5.75 Å². The number of aryl methyl sites for hydroxylation is 1. The van der Waals surface area contributed by atoms with E-state index in [-0.39, 0.29) is 11.3 Å². The first-order chi connectivity index (χ1) is 16.4. The molecule has 1 aliphatic rings. The van der Waals surface area contributed by atoms with E-state index in [1.807, 2.05) is 42.1 Å². The lowest BCUT2D eigenvalue weighted by Crippen LogP contribution is -2.29. The van der Waals surface area contributed by atoms with Gasteiger partial charge in [0.05, 0.1) is 24.3 Å². The number of benzene rings is 3. The Morgan fingerprint density at radius 3 is 2.50 bits per heavy atom. The van der Waals surface area contributed by atoms with Gasteiger partial charge in [-0.15, -0.1) is 0 Å². The molecular weight excluding hydrogens is 452 g/mol. The van der Waals surface area contributed by atoms with Gasteiger partial charge in [0.1, 0.15) is 11.5 Å².